The number of ether oxygens (including phenoxy) is 1. The summed E-state index contributed by atoms with van der Waals surface area (Å²) in [6.45, 7) is 0. The van der Waals surface area contributed by atoms with Crippen molar-refractivity contribution in [1.29, 1.82) is 0 Å². The van der Waals surface area contributed by atoms with Gasteiger partial charge in [-0.1, -0.05) is 0 Å². The maximum absolute atomic E-state index is 11.1. The normalized spacial score (nSPS) is 39.6. The molecule has 1 saturated heterocycles. The van der Waals surface area contributed by atoms with Crippen molar-refractivity contribution in [2.75, 3.05) is 12.9 Å². The van der Waals surface area contributed by atoms with Crippen LogP contribution in [-0.4, -0.2) is 24.1 Å². The number of carbonyl (C=O) groups is 1. The molecule has 1 heterocycles. The average molecular weight is 186 g/mol. The number of hydrogen-bond donors (Lipinski definition) is 0. The lowest BCUT2D eigenvalue weighted by atomic mass is 10.1. The van der Waals surface area contributed by atoms with Crippen LogP contribution < -0.4 is 0 Å². The van der Waals surface area contributed by atoms with Crippen LogP contribution in [0.4, 0.5) is 0 Å². The zero-order valence-electron chi connectivity index (χ0n) is 7.29. The average Bonchev–Trinajstić information content (AvgIpc) is 2.71. The van der Waals surface area contributed by atoms with Crippen molar-refractivity contribution >= 4 is 17.7 Å². The lowest BCUT2D eigenvalue weighted by molar-refractivity contribution is -0.142. The summed E-state index contributed by atoms with van der Waals surface area (Å²) in [6, 6.07) is 0. The number of rotatable bonds is 2. The van der Waals surface area contributed by atoms with E-state index >= 15 is 0 Å². The fourth-order valence-corrected chi connectivity index (χ4v) is 3.51. The van der Waals surface area contributed by atoms with Crippen LogP contribution in [0.25, 0.3) is 0 Å². The highest BCUT2D eigenvalue weighted by molar-refractivity contribution is 8.00. The quantitative estimate of drug-likeness (QED) is 0.614. The Morgan fingerprint density at radius 2 is 2.42 bits per heavy atom. The second kappa shape index (κ2) is 3.29. The van der Waals surface area contributed by atoms with Crippen LogP contribution >= 0.6 is 11.8 Å². The van der Waals surface area contributed by atoms with Gasteiger partial charge in [0, 0.05) is 5.25 Å². The molecule has 3 heteroatoms. The molecule has 3 atom stereocenters. The molecule has 0 aromatic heterocycles. The second-order valence-electron chi connectivity index (χ2n) is 3.58. The Hall–Kier alpha value is -0.180. The first-order valence-electron chi connectivity index (χ1n) is 4.52. The van der Waals surface area contributed by atoms with E-state index in [2.05, 4.69) is 0 Å². The van der Waals surface area contributed by atoms with E-state index in [1.54, 1.807) is 0 Å². The molecule has 12 heavy (non-hydrogen) atoms. The Kier molecular flexibility index (Phi) is 2.31. The van der Waals surface area contributed by atoms with E-state index in [1.165, 1.54) is 25.7 Å². The summed E-state index contributed by atoms with van der Waals surface area (Å²) < 4.78 is 4.72. The predicted molar refractivity (Wildman–Crippen MR) is 49.1 cm³/mol. The van der Waals surface area contributed by atoms with Crippen LogP contribution in [0, 0.1) is 11.8 Å². The fourth-order valence-electron chi connectivity index (χ4n) is 1.99. The van der Waals surface area contributed by atoms with Crippen molar-refractivity contribution in [2.45, 2.75) is 24.5 Å². The number of hydrogen-bond acceptors (Lipinski definition) is 3. The Balaban J connectivity index is 1.82. The smallest absolute Gasteiger partial charge is 0.308 e. The highest BCUT2D eigenvalue weighted by atomic mass is 32.2. The molecule has 0 aromatic carbocycles. The van der Waals surface area contributed by atoms with Crippen molar-refractivity contribution in [1.82, 2.24) is 0 Å². The first kappa shape index (κ1) is 8.42. The Morgan fingerprint density at radius 1 is 1.58 bits per heavy atom. The van der Waals surface area contributed by atoms with Crippen LogP contribution in [0.3, 0.4) is 0 Å². The van der Waals surface area contributed by atoms with E-state index in [0.717, 1.165) is 11.7 Å². The molecule has 0 aromatic rings. The molecule has 0 radical (unpaired) electrons. The van der Waals surface area contributed by atoms with Gasteiger partial charge in [-0.05, 0) is 30.9 Å². The maximum Gasteiger partial charge on any atom is 0.308 e. The predicted octanol–water partition coefficient (Wildman–Crippen LogP) is 1.69. The Morgan fingerprint density at radius 3 is 3.00 bits per heavy atom. The van der Waals surface area contributed by atoms with Gasteiger partial charge < -0.3 is 4.74 Å². The molecule has 0 amide bonds. The summed E-state index contributed by atoms with van der Waals surface area (Å²) in [6.07, 6.45) is 3.72. The largest absolute Gasteiger partial charge is 0.469 e. The molecule has 3 unspecified atom stereocenters. The molecule has 0 spiro atoms. The molecule has 1 aliphatic carbocycles. The van der Waals surface area contributed by atoms with Crippen LogP contribution in [0.1, 0.15) is 19.3 Å². The van der Waals surface area contributed by atoms with Crippen LogP contribution in [0.2, 0.25) is 0 Å². The van der Waals surface area contributed by atoms with Gasteiger partial charge >= 0.3 is 5.97 Å². The van der Waals surface area contributed by atoms with Gasteiger partial charge in [-0.2, -0.15) is 11.8 Å². The van der Waals surface area contributed by atoms with Gasteiger partial charge in [0.2, 0.25) is 0 Å². The van der Waals surface area contributed by atoms with Crippen LogP contribution in [0.5, 0.6) is 0 Å². The molecule has 2 fully saturated rings. The third-order valence-corrected chi connectivity index (χ3v) is 4.32. The van der Waals surface area contributed by atoms with Gasteiger partial charge in [-0.3, -0.25) is 4.79 Å². The van der Waals surface area contributed by atoms with E-state index < -0.39 is 0 Å². The first-order chi connectivity index (χ1) is 5.83. The molecule has 1 aliphatic heterocycles. The summed E-state index contributed by atoms with van der Waals surface area (Å²) in [4.78, 5) is 11.1. The summed E-state index contributed by atoms with van der Waals surface area (Å²) in [5.74, 6) is 2.18. The minimum atomic E-state index is 0.00694. The third-order valence-electron chi connectivity index (χ3n) is 2.79. The van der Waals surface area contributed by atoms with Gasteiger partial charge in [0.05, 0.1) is 13.0 Å². The molecule has 2 rings (SSSR count). The van der Waals surface area contributed by atoms with Crippen LogP contribution in [-0.2, 0) is 9.53 Å². The summed E-state index contributed by atoms with van der Waals surface area (Å²) in [5, 5.41) is 0.758. The van der Waals surface area contributed by atoms with Crippen LogP contribution in [0.15, 0.2) is 0 Å². The molecule has 0 N–H and O–H groups in total. The minimum Gasteiger partial charge on any atom is -0.469 e. The highest BCUT2D eigenvalue weighted by Crippen LogP contribution is 2.50. The van der Waals surface area contributed by atoms with Crippen molar-refractivity contribution in [3.05, 3.63) is 0 Å². The molecular formula is C9H14O2S. The summed E-state index contributed by atoms with van der Waals surface area (Å²) in [7, 11) is 1.49. The van der Waals surface area contributed by atoms with Crippen molar-refractivity contribution < 1.29 is 9.53 Å². The standard InChI is InChI=1S/C9H14O2S/c1-11-9(10)7-5-6(7)8-3-2-4-12-8/h6-8H,2-5H2,1H3. The SMILES string of the molecule is COC(=O)C1CC1C1CCCS1. The molecule has 2 nitrogen and oxygen atoms in total. The number of methoxy groups -OCH3 is 1. The highest BCUT2D eigenvalue weighted by Gasteiger charge is 2.49. The molecule has 2 aliphatic rings. The van der Waals surface area contributed by atoms with E-state index in [1.807, 2.05) is 11.8 Å². The first-order valence-corrected chi connectivity index (χ1v) is 5.57. The number of carbonyl (C=O) groups excluding carboxylic acids is 1. The lowest BCUT2D eigenvalue weighted by Gasteiger charge is -2.05. The van der Waals surface area contributed by atoms with E-state index in [-0.39, 0.29) is 11.9 Å². The molecule has 1 saturated carbocycles. The Bertz CT molecular complexity index is 187. The maximum atomic E-state index is 11.1. The molecule has 68 valence electrons. The number of esters is 1. The Labute approximate surface area is 77.0 Å². The van der Waals surface area contributed by atoms with Gasteiger partial charge in [-0.25, -0.2) is 0 Å². The van der Waals surface area contributed by atoms with Crippen molar-refractivity contribution in [2.24, 2.45) is 11.8 Å². The zero-order chi connectivity index (χ0) is 8.55. The minimum absolute atomic E-state index is 0.00694. The van der Waals surface area contributed by atoms with Gasteiger partial charge in [-0.15, -0.1) is 0 Å². The topological polar surface area (TPSA) is 26.3 Å². The fraction of sp³-hybridized carbons (Fsp3) is 0.889. The van der Waals surface area contributed by atoms with Gasteiger partial charge in [0.1, 0.15) is 0 Å². The van der Waals surface area contributed by atoms with Gasteiger partial charge in [0.25, 0.3) is 0 Å². The second-order valence-corrected chi connectivity index (χ2v) is 4.93. The summed E-state index contributed by atoms with van der Waals surface area (Å²) in [5.41, 5.74) is 0. The number of thioether (sulfide) groups is 1. The summed E-state index contributed by atoms with van der Waals surface area (Å²) >= 11 is 2.04. The third kappa shape index (κ3) is 1.47. The van der Waals surface area contributed by atoms with E-state index in [4.69, 9.17) is 4.74 Å². The van der Waals surface area contributed by atoms with E-state index in [0.29, 0.717) is 5.92 Å². The van der Waals surface area contributed by atoms with Gasteiger partial charge in [0.15, 0.2) is 0 Å². The van der Waals surface area contributed by atoms with Crippen molar-refractivity contribution in [3.63, 3.8) is 0 Å². The van der Waals surface area contributed by atoms with Crippen molar-refractivity contribution in [3.8, 4) is 0 Å². The zero-order valence-corrected chi connectivity index (χ0v) is 8.10. The lowest BCUT2D eigenvalue weighted by Crippen LogP contribution is -2.09. The molecule has 0 bridgehead atoms. The monoisotopic (exact) mass is 186 g/mol. The molecular weight excluding hydrogens is 172 g/mol. The van der Waals surface area contributed by atoms with E-state index in [9.17, 15) is 4.79 Å².